The summed E-state index contributed by atoms with van der Waals surface area (Å²) < 4.78 is 17.3. The number of amides is 1. The Morgan fingerprint density at radius 3 is 2.88 bits per heavy atom. The van der Waals surface area contributed by atoms with E-state index >= 15 is 0 Å². The van der Waals surface area contributed by atoms with Gasteiger partial charge >= 0.3 is 5.97 Å². The van der Waals surface area contributed by atoms with Crippen molar-refractivity contribution in [1.82, 2.24) is 14.5 Å². The zero-order valence-electron chi connectivity index (χ0n) is 18.5. The SMILES string of the molecule is CCC1CN(C(=O)CSc2nc3cc(C(=O)OC)ccc3c(=O)n2Cc2ccco2)CCO1. The average Bonchev–Trinajstić information content (AvgIpc) is 3.37. The summed E-state index contributed by atoms with van der Waals surface area (Å²) >= 11 is 1.19. The minimum absolute atomic E-state index is 0.0380. The van der Waals surface area contributed by atoms with Gasteiger partial charge in [-0.2, -0.15) is 0 Å². The highest BCUT2D eigenvalue weighted by atomic mass is 32.2. The number of rotatable bonds is 7. The minimum Gasteiger partial charge on any atom is -0.467 e. The molecule has 3 heterocycles. The number of fused-ring (bicyclic) bond motifs is 1. The molecule has 0 spiro atoms. The number of thioether (sulfide) groups is 1. The van der Waals surface area contributed by atoms with Crippen LogP contribution >= 0.6 is 11.8 Å². The zero-order valence-corrected chi connectivity index (χ0v) is 19.3. The van der Waals surface area contributed by atoms with Crippen LogP contribution in [0.3, 0.4) is 0 Å². The number of aromatic nitrogens is 2. The number of carbonyl (C=O) groups excluding carboxylic acids is 2. The Hall–Kier alpha value is -3.11. The second kappa shape index (κ2) is 10.2. The molecule has 1 aromatic carbocycles. The van der Waals surface area contributed by atoms with Crippen LogP contribution < -0.4 is 5.56 Å². The van der Waals surface area contributed by atoms with Crippen LogP contribution in [0.4, 0.5) is 0 Å². The lowest BCUT2D eigenvalue weighted by molar-refractivity contribution is -0.135. The van der Waals surface area contributed by atoms with Crippen molar-refractivity contribution in [3.8, 4) is 0 Å². The molecule has 33 heavy (non-hydrogen) atoms. The fourth-order valence-electron chi connectivity index (χ4n) is 3.66. The molecule has 1 aliphatic rings. The van der Waals surface area contributed by atoms with E-state index in [1.54, 1.807) is 23.1 Å². The van der Waals surface area contributed by atoms with Crippen molar-refractivity contribution in [2.45, 2.75) is 31.1 Å². The van der Waals surface area contributed by atoms with Crippen LogP contribution in [0.25, 0.3) is 10.9 Å². The zero-order chi connectivity index (χ0) is 23.4. The number of hydrogen-bond donors (Lipinski definition) is 0. The van der Waals surface area contributed by atoms with Crippen molar-refractivity contribution in [3.63, 3.8) is 0 Å². The number of morpholine rings is 1. The van der Waals surface area contributed by atoms with Gasteiger partial charge in [-0.05, 0) is 36.8 Å². The summed E-state index contributed by atoms with van der Waals surface area (Å²) in [6, 6.07) is 8.15. The maximum atomic E-state index is 13.3. The molecular weight excluding hydrogens is 446 g/mol. The molecule has 1 aliphatic heterocycles. The summed E-state index contributed by atoms with van der Waals surface area (Å²) in [6.07, 6.45) is 2.42. The lowest BCUT2D eigenvalue weighted by atomic mass is 10.1. The summed E-state index contributed by atoms with van der Waals surface area (Å²) in [5, 5.41) is 0.739. The molecule has 0 bridgehead atoms. The summed E-state index contributed by atoms with van der Waals surface area (Å²) in [5.41, 5.74) is 0.387. The highest BCUT2D eigenvalue weighted by Crippen LogP contribution is 2.21. The van der Waals surface area contributed by atoms with E-state index in [9.17, 15) is 14.4 Å². The number of esters is 1. The van der Waals surface area contributed by atoms with Crippen LogP contribution in [-0.2, 0) is 20.8 Å². The monoisotopic (exact) mass is 471 g/mol. The Morgan fingerprint density at radius 1 is 1.30 bits per heavy atom. The van der Waals surface area contributed by atoms with Gasteiger partial charge in [0, 0.05) is 13.1 Å². The third-order valence-electron chi connectivity index (χ3n) is 5.51. The Bertz CT molecular complexity index is 1210. The van der Waals surface area contributed by atoms with E-state index in [0.29, 0.717) is 47.1 Å². The predicted octanol–water partition coefficient (Wildman–Crippen LogP) is 2.55. The molecule has 9 nitrogen and oxygen atoms in total. The Balaban J connectivity index is 1.65. The number of furan rings is 1. The van der Waals surface area contributed by atoms with E-state index in [-0.39, 0.29) is 29.9 Å². The average molecular weight is 472 g/mol. The predicted molar refractivity (Wildman–Crippen MR) is 122 cm³/mol. The van der Waals surface area contributed by atoms with Crippen LogP contribution in [0.5, 0.6) is 0 Å². The van der Waals surface area contributed by atoms with Gasteiger partial charge in [0.1, 0.15) is 5.76 Å². The Kier molecular flexibility index (Phi) is 7.14. The van der Waals surface area contributed by atoms with E-state index in [1.807, 2.05) is 6.92 Å². The number of benzene rings is 1. The summed E-state index contributed by atoms with van der Waals surface area (Å²) in [5.74, 6) is 0.171. The molecule has 2 aromatic heterocycles. The van der Waals surface area contributed by atoms with Crippen LogP contribution in [0.15, 0.2) is 51.0 Å². The molecule has 3 aromatic rings. The molecule has 4 rings (SSSR count). The first-order chi connectivity index (χ1) is 16.0. The van der Waals surface area contributed by atoms with Crippen molar-refractivity contribution in [2.24, 2.45) is 0 Å². The third kappa shape index (κ3) is 5.12. The largest absolute Gasteiger partial charge is 0.467 e. The standard InChI is InChI=1S/C23H25N3O6S/c1-3-16-12-25(8-10-32-16)20(27)14-33-23-24-19-11-15(22(29)30-2)6-7-18(19)21(28)26(23)13-17-5-4-9-31-17/h4-7,9,11,16H,3,8,10,12-14H2,1-2H3. The smallest absolute Gasteiger partial charge is 0.337 e. The van der Waals surface area contributed by atoms with Gasteiger partial charge in [0.25, 0.3) is 5.56 Å². The maximum Gasteiger partial charge on any atom is 0.337 e. The molecule has 0 N–H and O–H groups in total. The molecular formula is C23H25N3O6S. The second-order valence-electron chi connectivity index (χ2n) is 7.62. The van der Waals surface area contributed by atoms with E-state index in [2.05, 4.69) is 4.98 Å². The van der Waals surface area contributed by atoms with E-state index in [1.165, 1.54) is 41.8 Å². The van der Waals surface area contributed by atoms with E-state index < -0.39 is 5.97 Å². The molecule has 1 amide bonds. The highest BCUT2D eigenvalue weighted by Gasteiger charge is 2.24. The topological polar surface area (TPSA) is 104 Å². The van der Waals surface area contributed by atoms with Crippen LogP contribution in [-0.4, -0.2) is 65.0 Å². The van der Waals surface area contributed by atoms with E-state index in [4.69, 9.17) is 13.9 Å². The lowest BCUT2D eigenvalue weighted by Crippen LogP contribution is -2.46. The quantitative estimate of drug-likeness (QED) is 0.294. The molecule has 0 radical (unpaired) electrons. The van der Waals surface area contributed by atoms with E-state index in [0.717, 1.165) is 6.42 Å². The molecule has 1 saturated heterocycles. The van der Waals surface area contributed by atoms with Crippen LogP contribution in [0.1, 0.15) is 29.5 Å². The number of nitrogens with zero attached hydrogens (tertiary/aromatic N) is 3. The molecule has 0 aliphatic carbocycles. The minimum atomic E-state index is -0.513. The first-order valence-electron chi connectivity index (χ1n) is 10.7. The van der Waals surface area contributed by atoms with Gasteiger partial charge in [0.2, 0.25) is 5.91 Å². The normalized spacial score (nSPS) is 16.2. The van der Waals surface area contributed by atoms with Crippen molar-refractivity contribution in [2.75, 3.05) is 32.6 Å². The third-order valence-corrected chi connectivity index (χ3v) is 6.47. The second-order valence-corrected chi connectivity index (χ2v) is 8.56. The molecule has 0 saturated carbocycles. The first-order valence-corrected chi connectivity index (χ1v) is 11.7. The van der Waals surface area contributed by atoms with Crippen molar-refractivity contribution < 1.29 is 23.5 Å². The molecule has 1 unspecified atom stereocenters. The number of hydrogen-bond acceptors (Lipinski definition) is 8. The van der Waals surface area contributed by atoms with Gasteiger partial charge in [-0.3, -0.25) is 14.2 Å². The van der Waals surface area contributed by atoms with Crippen molar-refractivity contribution in [3.05, 3.63) is 58.3 Å². The van der Waals surface area contributed by atoms with Gasteiger partial charge in [0.15, 0.2) is 5.16 Å². The number of ether oxygens (including phenoxy) is 2. The molecule has 174 valence electrons. The van der Waals surface area contributed by atoms with Gasteiger partial charge in [0.05, 0.1) is 54.8 Å². The first kappa shape index (κ1) is 23.1. The van der Waals surface area contributed by atoms with Crippen molar-refractivity contribution in [1.29, 1.82) is 0 Å². The highest BCUT2D eigenvalue weighted by molar-refractivity contribution is 7.99. The van der Waals surface area contributed by atoms with Gasteiger partial charge in [-0.1, -0.05) is 18.7 Å². The fraction of sp³-hybridized carbons (Fsp3) is 0.391. The molecule has 10 heteroatoms. The number of carbonyl (C=O) groups is 2. The lowest BCUT2D eigenvalue weighted by Gasteiger charge is -2.32. The van der Waals surface area contributed by atoms with Gasteiger partial charge in [-0.25, -0.2) is 9.78 Å². The van der Waals surface area contributed by atoms with Gasteiger partial charge < -0.3 is 18.8 Å². The van der Waals surface area contributed by atoms with Crippen LogP contribution in [0, 0.1) is 0 Å². The number of methoxy groups -OCH3 is 1. The Labute approximate surface area is 194 Å². The van der Waals surface area contributed by atoms with Crippen molar-refractivity contribution >= 4 is 34.5 Å². The van der Waals surface area contributed by atoms with Crippen LogP contribution in [0.2, 0.25) is 0 Å². The Morgan fingerprint density at radius 2 is 2.15 bits per heavy atom. The molecule has 1 fully saturated rings. The summed E-state index contributed by atoms with van der Waals surface area (Å²) in [4.78, 5) is 44.5. The van der Waals surface area contributed by atoms with Gasteiger partial charge in [-0.15, -0.1) is 0 Å². The summed E-state index contributed by atoms with van der Waals surface area (Å²) in [6.45, 7) is 3.83. The fourth-order valence-corrected chi connectivity index (χ4v) is 4.57. The maximum absolute atomic E-state index is 13.3. The summed E-state index contributed by atoms with van der Waals surface area (Å²) in [7, 11) is 1.29. The molecule has 1 atom stereocenters.